The number of anilines is 1. The van der Waals surface area contributed by atoms with Gasteiger partial charge in [-0.1, -0.05) is 6.04 Å². The number of hydrogen-bond donors (Lipinski definition) is 1. The van der Waals surface area contributed by atoms with Crippen LogP contribution in [0.3, 0.4) is 0 Å². The fourth-order valence-electron chi connectivity index (χ4n) is 1.64. The summed E-state index contributed by atoms with van der Waals surface area (Å²) in [5.74, 6) is -0.285. The number of nitrogens with two attached hydrogens (primary N) is 1. The molecule has 0 aliphatic carbocycles. The Hall–Kier alpha value is -1.78. The molecule has 1 aliphatic heterocycles. The molecule has 0 bridgehead atoms. The molecule has 1 amide bonds. The van der Waals surface area contributed by atoms with E-state index in [1.165, 1.54) is 4.90 Å². The van der Waals surface area contributed by atoms with E-state index in [2.05, 4.69) is 4.98 Å². The first kappa shape index (κ1) is 9.19. The third-order valence-electron chi connectivity index (χ3n) is 2.56. The lowest BCUT2D eigenvalue weighted by atomic mass is 9.93. The van der Waals surface area contributed by atoms with E-state index in [0.29, 0.717) is 18.7 Å². The number of amides is 1. The molecule has 2 rings (SSSR count). The molecule has 1 aromatic rings. The number of nitrogen functional groups attached to an aromatic ring is 1. The van der Waals surface area contributed by atoms with Crippen molar-refractivity contribution in [2.75, 3.05) is 18.8 Å². The molecular formula is C13H19N3O2. The van der Waals surface area contributed by atoms with E-state index in [0.717, 1.165) is 0 Å². The number of carbonyl (C=O) groups excluding carboxylic acids is 1. The van der Waals surface area contributed by atoms with Crippen molar-refractivity contribution in [3.05, 3.63) is 23.8 Å². The first-order valence-electron chi connectivity index (χ1n) is 7.31. The van der Waals surface area contributed by atoms with Gasteiger partial charge >= 0.3 is 6.09 Å². The first-order chi connectivity index (χ1) is 9.60. The summed E-state index contributed by atoms with van der Waals surface area (Å²) in [6, 6.07) is -0.252. The van der Waals surface area contributed by atoms with Crippen molar-refractivity contribution < 1.29 is 13.6 Å². The zero-order valence-corrected chi connectivity index (χ0v) is 10.8. The van der Waals surface area contributed by atoms with E-state index in [4.69, 9.17) is 14.6 Å². The van der Waals surface area contributed by atoms with E-state index >= 15 is 0 Å². The number of nitrogens with zero attached hydrogens (tertiary/aromatic N) is 2. The van der Waals surface area contributed by atoms with Crippen LogP contribution in [0.1, 0.15) is 36.4 Å². The van der Waals surface area contributed by atoms with Crippen LogP contribution in [-0.2, 0) is 4.74 Å². The van der Waals surface area contributed by atoms with E-state index in [1.807, 2.05) is 0 Å². The number of likely N-dealkylation sites (tertiary alicyclic amines) is 1. The summed E-state index contributed by atoms with van der Waals surface area (Å²) < 4.78 is 28.6. The lowest BCUT2D eigenvalue weighted by Crippen LogP contribution is -2.50. The van der Waals surface area contributed by atoms with Crippen molar-refractivity contribution in [3.8, 4) is 0 Å². The van der Waals surface area contributed by atoms with Gasteiger partial charge in [0.15, 0.2) is 0 Å². The molecule has 2 heterocycles. The highest BCUT2D eigenvalue weighted by atomic mass is 16.6. The third kappa shape index (κ3) is 2.91. The predicted molar refractivity (Wildman–Crippen MR) is 69.2 cm³/mol. The summed E-state index contributed by atoms with van der Waals surface area (Å²) in [4.78, 5) is 17.1. The number of carbonyl (C=O) groups is 1. The van der Waals surface area contributed by atoms with Gasteiger partial charge in [0.2, 0.25) is 0 Å². The van der Waals surface area contributed by atoms with Crippen LogP contribution in [0.2, 0.25) is 0 Å². The second-order valence-electron chi connectivity index (χ2n) is 5.35. The molecule has 1 saturated heterocycles. The number of pyridine rings is 1. The quantitative estimate of drug-likeness (QED) is 0.830. The Morgan fingerprint density at radius 2 is 2.22 bits per heavy atom. The van der Waals surface area contributed by atoms with Crippen molar-refractivity contribution in [1.82, 2.24) is 9.88 Å². The van der Waals surface area contributed by atoms with Crippen LogP contribution in [0.5, 0.6) is 0 Å². The number of hydrogen-bond acceptors (Lipinski definition) is 4. The number of rotatable bonds is 1. The highest BCUT2D eigenvalue weighted by Gasteiger charge is 2.34. The van der Waals surface area contributed by atoms with Crippen LogP contribution >= 0.6 is 0 Å². The molecule has 1 fully saturated rings. The van der Waals surface area contributed by atoms with Crippen molar-refractivity contribution >= 4 is 11.9 Å². The zero-order chi connectivity index (χ0) is 15.9. The van der Waals surface area contributed by atoms with Crippen LogP contribution in [0, 0.1) is 0 Å². The van der Waals surface area contributed by atoms with Gasteiger partial charge in [-0.15, -0.1) is 0 Å². The maximum absolute atomic E-state index is 11.8. The van der Waals surface area contributed by atoms with Gasteiger partial charge in [0.1, 0.15) is 11.4 Å². The Morgan fingerprint density at radius 3 is 2.83 bits per heavy atom. The highest BCUT2D eigenvalue weighted by molar-refractivity contribution is 5.69. The Bertz CT molecular complexity index is 581. The van der Waals surface area contributed by atoms with E-state index in [-0.39, 0.29) is 30.0 Å². The molecule has 0 aromatic carbocycles. The van der Waals surface area contributed by atoms with Gasteiger partial charge in [0.05, 0.1) is 4.11 Å². The van der Waals surface area contributed by atoms with E-state index in [9.17, 15) is 4.79 Å². The largest absolute Gasteiger partial charge is 0.444 e. The van der Waals surface area contributed by atoms with Gasteiger partial charge in [-0.05, 0) is 32.4 Å². The molecule has 0 unspecified atom stereocenters. The van der Waals surface area contributed by atoms with Crippen LogP contribution in [0.15, 0.2) is 18.3 Å². The minimum absolute atomic E-state index is 0.0821. The molecule has 5 nitrogen and oxygen atoms in total. The monoisotopic (exact) mass is 252 g/mol. The van der Waals surface area contributed by atoms with Gasteiger partial charge < -0.3 is 15.4 Å². The maximum Gasteiger partial charge on any atom is 0.410 e. The molecule has 0 spiro atoms. The average Bonchev–Trinajstić information content (AvgIpc) is 2.26. The van der Waals surface area contributed by atoms with Gasteiger partial charge in [-0.25, -0.2) is 9.78 Å². The van der Waals surface area contributed by atoms with Crippen LogP contribution < -0.4 is 5.73 Å². The number of aromatic nitrogens is 1. The van der Waals surface area contributed by atoms with Crippen LogP contribution in [0.25, 0.3) is 0 Å². The van der Waals surface area contributed by atoms with Gasteiger partial charge in [-0.2, -0.15) is 0 Å². The molecule has 1 aliphatic rings. The SMILES string of the molecule is [2H]c1nc(N)c([2H])c([2H])c1C1CN(C(=O)OC(C)(C)C)C1. The molecule has 0 saturated carbocycles. The average molecular weight is 252 g/mol. The van der Waals surface area contributed by atoms with Crippen molar-refractivity contribution in [2.45, 2.75) is 32.3 Å². The third-order valence-corrected chi connectivity index (χ3v) is 2.56. The zero-order valence-electron chi connectivity index (χ0n) is 13.8. The molecular weight excluding hydrogens is 230 g/mol. The second kappa shape index (κ2) is 4.48. The maximum atomic E-state index is 11.8. The molecule has 18 heavy (non-hydrogen) atoms. The molecule has 2 N–H and O–H groups in total. The van der Waals surface area contributed by atoms with Crippen molar-refractivity contribution in [1.29, 1.82) is 0 Å². The lowest BCUT2D eigenvalue weighted by Gasteiger charge is -2.39. The summed E-state index contributed by atoms with van der Waals surface area (Å²) >= 11 is 0. The van der Waals surface area contributed by atoms with Gasteiger partial charge in [0.25, 0.3) is 0 Å². The normalized spacial score (nSPS) is 18.6. The molecule has 0 radical (unpaired) electrons. The Balaban J connectivity index is 2.09. The summed E-state index contributed by atoms with van der Waals surface area (Å²) in [5.41, 5.74) is 5.29. The van der Waals surface area contributed by atoms with Crippen molar-refractivity contribution in [3.63, 3.8) is 0 Å². The van der Waals surface area contributed by atoms with Gasteiger partial charge in [-0.3, -0.25) is 0 Å². The summed E-state index contributed by atoms with van der Waals surface area (Å²) in [6.07, 6.45) is -0.506. The molecule has 0 atom stereocenters. The summed E-state index contributed by atoms with van der Waals surface area (Å²) in [6.45, 7) is 6.10. The Morgan fingerprint density at radius 1 is 1.56 bits per heavy atom. The Kier molecular flexibility index (Phi) is 2.29. The molecule has 98 valence electrons. The van der Waals surface area contributed by atoms with Crippen molar-refractivity contribution in [2.24, 2.45) is 0 Å². The fraction of sp³-hybridized carbons (Fsp3) is 0.538. The predicted octanol–water partition coefficient (Wildman–Crippen LogP) is 2.00. The summed E-state index contributed by atoms with van der Waals surface area (Å²) in [7, 11) is 0. The standard InChI is InChI=1S/C13H19N3O2/c1-13(2,3)18-12(17)16-7-10(8-16)9-4-5-11(14)15-6-9/h4-6,10H,7-8H2,1-3H3,(H2,14,15)/i4D,5D,6D. The van der Waals surface area contributed by atoms with E-state index in [1.54, 1.807) is 20.8 Å². The molecule has 5 heteroatoms. The van der Waals surface area contributed by atoms with Crippen LogP contribution in [0.4, 0.5) is 10.6 Å². The summed E-state index contributed by atoms with van der Waals surface area (Å²) in [5, 5.41) is 0. The van der Waals surface area contributed by atoms with Gasteiger partial charge in [0, 0.05) is 25.2 Å². The Labute approximate surface area is 111 Å². The minimum Gasteiger partial charge on any atom is -0.444 e. The smallest absolute Gasteiger partial charge is 0.410 e. The fourth-order valence-corrected chi connectivity index (χ4v) is 1.64. The highest BCUT2D eigenvalue weighted by Crippen LogP contribution is 2.28. The number of ether oxygens (including phenoxy) is 1. The van der Waals surface area contributed by atoms with E-state index < -0.39 is 11.7 Å². The molecule has 1 aromatic heterocycles. The first-order valence-corrected chi connectivity index (χ1v) is 5.81. The second-order valence-corrected chi connectivity index (χ2v) is 5.35. The lowest BCUT2D eigenvalue weighted by molar-refractivity contribution is 0.00817. The van der Waals surface area contributed by atoms with Crippen LogP contribution in [-0.4, -0.2) is 34.7 Å². The topological polar surface area (TPSA) is 68.5 Å². The minimum atomic E-state index is -0.555.